The first-order chi connectivity index (χ1) is 6.45. The Morgan fingerprint density at radius 1 is 0.923 bits per heavy atom. The van der Waals surface area contributed by atoms with Crippen LogP contribution in [0.3, 0.4) is 0 Å². The Balaban J connectivity index is 2.05. The fourth-order valence-electron chi connectivity index (χ4n) is 1.36. The van der Waals surface area contributed by atoms with Gasteiger partial charge in [-0.15, -0.1) is 0 Å². The van der Waals surface area contributed by atoms with Crippen LogP contribution < -0.4 is 0 Å². The molecule has 1 aliphatic rings. The fraction of sp³-hybridized carbons (Fsp3) is 0.0769. The first kappa shape index (κ1) is 8.06. The number of hydrogen-bond acceptors (Lipinski definition) is 0. The molecule has 0 heteroatoms. The molecule has 1 aliphatic carbocycles. The molecule has 0 radical (unpaired) electrons. The van der Waals surface area contributed by atoms with Gasteiger partial charge < -0.3 is 0 Å². The van der Waals surface area contributed by atoms with E-state index in [0.29, 0.717) is 5.92 Å². The minimum absolute atomic E-state index is 0.486. The number of allylic oxidation sites excluding steroid dienone is 5. The lowest BCUT2D eigenvalue weighted by Gasteiger charge is -1.95. The molecule has 0 nitrogen and oxygen atoms in total. The maximum Gasteiger partial charge on any atom is 0.0136 e. The summed E-state index contributed by atoms with van der Waals surface area (Å²) in [6.45, 7) is 0. The molecule has 1 aromatic carbocycles. The standard InChI is InChI=1S/C13H12/c1-2-6-12(7-3-1)10-11-13-8-4-5-9-13/h1-11,13H/b11-10+. The minimum Gasteiger partial charge on any atom is -0.0738 e. The fourth-order valence-corrected chi connectivity index (χ4v) is 1.36. The van der Waals surface area contributed by atoms with Crippen molar-refractivity contribution in [1.82, 2.24) is 0 Å². The third-order valence-electron chi connectivity index (χ3n) is 2.09. The van der Waals surface area contributed by atoms with E-state index in [9.17, 15) is 0 Å². The van der Waals surface area contributed by atoms with Crippen LogP contribution in [-0.2, 0) is 0 Å². The van der Waals surface area contributed by atoms with Gasteiger partial charge in [0.25, 0.3) is 0 Å². The van der Waals surface area contributed by atoms with Crippen LogP contribution in [0.5, 0.6) is 0 Å². The Morgan fingerprint density at radius 3 is 2.31 bits per heavy atom. The Labute approximate surface area is 78.9 Å². The van der Waals surface area contributed by atoms with Gasteiger partial charge in [-0.25, -0.2) is 0 Å². The lowest BCUT2D eigenvalue weighted by atomic mass is 10.1. The number of benzene rings is 1. The molecule has 0 bridgehead atoms. The summed E-state index contributed by atoms with van der Waals surface area (Å²) in [5.74, 6) is 0.486. The maximum absolute atomic E-state index is 2.20. The van der Waals surface area contributed by atoms with Crippen LogP contribution in [0.1, 0.15) is 5.56 Å². The molecule has 0 aromatic heterocycles. The van der Waals surface area contributed by atoms with Gasteiger partial charge in [-0.3, -0.25) is 0 Å². The van der Waals surface area contributed by atoms with Crippen molar-refractivity contribution >= 4 is 6.08 Å². The third kappa shape index (κ3) is 2.19. The van der Waals surface area contributed by atoms with Crippen molar-refractivity contribution in [2.24, 2.45) is 5.92 Å². The van der Waals surface area contributed by atoms with Crippen LogP contribution in [-0.4, -0.2) is 0 Å². The average molecular weight is 168 g/mol. The Morgan fingerprint density at radius 2 is 1.62 bits per heavy atom. The molecular weight excluding hydrogens is 156 g/mol. The second-order valence-electron chi connectivity index (χ2n) is 3.12. The van der Waals surface area contributed by atoms with E-state index in [4.69, 9.17) is 0 Å². The molecule has 0 spiro atoms. The van der Waals surface area contributed by atoms with Crippen LogP contribution in [0.15, 0.2) is 60.7 Å². The van der Waals surface area contributed by atoms with Crippen molar-refractivity contribution in [2.75, 3.05) is 0 Å². The molecule has 2 rings (SSSR count). The highest BCUT2D eigenvalue weighted by atomic mass is 14.0. The summed E-state index contributed by atoms with van der Waals surface area (Å²) < 4.78 is 0. The maximum atomic E-state index is 2.20. The Bertz CT molecular complexity index is 330. The lowest BCUT2D eigenvalue weighted by molar-refractivity contribution is 1.10. The van der Waals surface area contributed by atoms with E-state index in [-0.39, 0.29) is 0 Å². The predicted octanol–water partition coefficient (Wildman–Crippen LogP) is 3.44. The molecule has 0 saturated carbocycles. The molecule has 0 N–H and O–H groups in total. The summed E-state index contributed by atoms with van der Waals surface area (Å²) in [6, 6.07) is 10.4. The molecule has 0 atom stereocenters. The van der Waals surface area contributed by atoms with Gasteiger partial charge >= 0.3 is 0 Å². The van der Waals surface area contributed by atoms with E-state index in [1.54, 1.807) is 0 Å². The molecule has 13 heavy (non-hydrogen) atoms. The molecule has 0 heterocycles. The van der Waals surface area contributed by atoms with Crippen LogP contribution in [0.25, 0.3) is 6.08 Å². The summed E-state index contributed by atoms with van der Waals surface area (Å²) >= 11 is 0. The molecule has 64 valence electrons. The van der Waals surface area contributed by atoms with Crippen molar-refractivity contribution in [3.05, 3.63) is 66.3 Å². The van der Waals surface area contributed by atoms with Crippen molar-refractivity contribution in [1.29, 1.82) is 0 Å². The second-order valence-corrected chi connectivity index (χ2v) is 3.12. The minimum atomic E-state index is 0.486. The second kappa shape index (κ2) is 3.90. The van der Waals surface area contributed by atoms with Gasteiger partial charge in [0.1, 0.15) is 0 Å². The predicted molar refractivity (Wildman–Crippen MR) is 57.2 cm³/mol. The van der Waals surface area contributed by atoms with E-state index < -0.39 is 0 Å². The van der Waals surface area contributed by atoms with Crippen molar-refractivity contribution in [3.63, 3.8) is 0 Å². The van der Waals surface area contributed by atoms with E-state index in [1.165, 1.54) is 5.56 Å². The van der Waals surface area contributed by atoms with Crippen molar-refractivity contribution in [2.45, 2.75) is 0 Å². The highest BCUT2D eigenvalue weighted by molar-refractivity contribution is 5.50. The van der Waals surface area contributed by atoms with Crippen LogP contribution in [0, 0.1) is 5.92 Å². The summed E-state index contributed by atoms with van der Waals surface area (Å²) in [5, 5.41) is 0. The topological polar surface area (TPSA) is 0 Å². The summed E-state index contributed by atoms with van der Waals surface area (Å²) in [5.41, 5.74) is 1.26. The van der Waals surface area contributed by atoms with Gasteiger partial charge in [-0.2, -0.15) is 0 Å². The van der Waals surface area contributed by atoms with Crippen molar-refractivity contribution < 1.29 is 0 Å². The first-order valence-corrected chi connectivity index (χ1v) is 4.53. The smallest absolute Gasteiger partial charge is 0.0136 e. The molecular formula is C13H12. The van der Waals surface area contributed by atoms with Gasteiger partial charge in [0.05, 0.1) is 0 Å². The summed E-state index contributed by atoms with van der Waals surface area (Å²) in [4.78, 5) is 0. The van der Waals surface area contributed by atoms with Gasteiger partial charge in [0.2, 0.25) is 0 Å². The SMILES string of the molecule is C1=CC(/C=C/c2ccccc2)C=C1. The van der Waals surface area contributed by atoms with Crippen LogP contribution in [0.2, 0.25) is 0 Å². The van der Waals surface area contributed by atoms with Crippen LogP contribution in [0.4, 0.5) is 0 Å². The highest BCUT2D eigenvalue weighted by Crippen LogP contribution is 2.12. The van der Waals surface area contributed by atoms with Crippen molar-refractivity contribution in [3.8, 4) is 0 Å². The van der Waals surface area contributed by atoms with E-state index in [2.05, 4.69) is 60.7 Å². The zero-order valence-corrected chi connectivity index (χ0v) is 7.43. The zero-order chi connectivity index (χ0) is 8.93. The molecule has 0 aliphatic heterocycles. The van der Waals surface area contributed by atoms with E-state index in [1.807, 2.05) is 6.07 Å². The normalized spacial score (nSPS) is 16.0. The third-order valence-corrected chi connectivity index (χ3v) is 2.09. The zero-order valence-electron chi connectivity index (χ0n) is 7.43. The molecule has 0 amide bonds. The van der Waals surface area contributed by atoms with Gasteiger partial charge in [0, 0.05) is 5.92 Å². The molecule has 0 fully saturated rings. The van der Waals surface area contributed by atoms with Gasteiger partial charge in [0.15, 0.2) is 0 Å². The average Bonchev–Trinajstić information content (AvgIpc) is 2.69. The highest BCUT2D eigenvalue weighted by Gasteiger charge is 1.96. The number of rotatable bonds is 2. The van der Waals surface area contributed by atoms with Gasteiger partial charge in [-0.1, -0.05) is 66.8 Å². The lowest BCUT2D eigenvalue weighted by Crippen LogP contribution is -1.80. The van der Waals surface area contributed by atoms with E-state index >= 15 is 0 Å². The monoisotopic (exact) mass is 168 g/mol. The number of hydrogen-bond donors (Lipinski definition) is 0. The summed E-state index contributed by atoms with van der Waals surface area (Å²) in [7, 11) is 0. The van der Waals surface area contributed by atoms with Gasteiger partial charge in [-0.05, 0) is 5.56 Å². The molecule has 0 saturated heterocycles. The van der Waals surface area contributed by atoms with E-state index in [0.717, 1.165) is 0 Å². The largest absolute Gasteiger partial charge is 0.0738 e. The molecule has 0 unspecified atom stereocenters. The Kier molecular flexibility index (Phi) is 2.42. The van der Waals surface area contributed by atoms with Crippen LogP contribution >= 0.6 is 0 Å². The Hall–Kier alpha value is -1.56. The molecule has 1 aromatic rings. The summed E-state index contributed by atoms with van der Waals surface area (Å²) in [6.07, 6.45) is 12.9. The quantitative estimate of drug-likeness (QED) is 0.634. The first-order valence-electron chi connectivity index (χ1n) is 4.53.